The maximum atomic E-state index is 11.9. The van der Waals surface area contributed by atoms with Gasteiger partial charge in [0.15, 0.2) is 0 Å². The fraction of sp³-hybridized carbons (Fsp3) is 0.500. The molecule has 3 nitrogen and oxygen atoms in total. The summed E-state index contributed by atoms with van der Waals surface area (Å²) in [6, 6.07) is 0.545. The van der Waals surface area contributed by atoms with Crippen molar-refractivity contribution in [3.63, 3.8) is 0 Å². The number of rotatable bonds is 1. The summed E-state index contributed by atoms with van der Waals surface area (Å²) in [7, 11) is 0. The summed E-state index contributed by atoms with van der Waals surface area (Å²) in [5.41, 5.74) is -1.67. The average molecular weight is 180 g/mol. The number of nitrogens with zero attached hydrogens (tertiary/aromatic N) is 1. The van der Waals surface area contributed by atoms with Crippen molar-refractivity contribution < 1.29 is 13.2 Å². The SMILES string of the molecule is CCn1[nH]c(C(F)(F)F)cc1=O. The Kier molecular flexibility index (Phi) is 1.99. The molecule has 0 aliphatic heterocycles. The van der Waals surface area contributed by atoms with Gasteiger partial charge in [-0.25, -0.2) is 0 Å². The summed E-state index contributed by atoms with van der Waals surface area (Å²) in [6.45, 7) is 1.78. The van der Waals surface area contributed by atoms with Crippen LogP contribution in [0.15, 0.2) is 10.9 Å². The average Bonchev–Trinajstić information content (AvgIpc) is 2.29. The summed E-state index contributed by atoms with van der Waals surface area (Å²) < 4.78 is 36.7. The molecule has 0 fully saturated rings. The van der Waals surface area contributed by atoms with Crippen molar-refractivity contribution in [1.82, 2.24) is 9.78 Å². The maximum absolute atomic E-state index is 11.9. The predicted molar refractivity (Wildman–Crippen MR) is 35.7 cm³/mol. The smallest absolute Gasteiger partial charge is 0.291 e. The molecule has 0 radical (unpaired) electrons. The first-order valence-corrected chi connectivity index (χ1v) is 3.32. The van der Waals surface area contributed by atoms with Crippen LogP contribution < -0.4 is 5.56 Å². The van der Waals surface area contributed by atoms with Gasteiger partial charge in [-0.15, -0.1) is 0 Å². The molecule has 1 heterocycles. The molecule has 68 valence electrons. The number of H-pyrrole nitrogens is 1. The van der Waals surface area contributed by atoms with Gasteiger partial charge in [0.1, 0.15) is 5.69 Å². The Balaban J connectivity index is 3.14. The fourth-order valence-electron chi connectivity index (χ4n) is 0.814. The molecule has 1 aromatic rings. The zero-order chi connectivity index (χ0) is 9.35. The molecular formula is C6H7F3N2O. The zero-order valence-corrected chi connectivity index (χ0v) is 6.27. The number of aromatic amines is 1. The number of aryl methyl sites for hydroxylation is 1. The standard InChI is InChI=1S/C6H7F3N2O/c1-2-11-5(12)3-4(10-11)6(7,8)9/h3,10H,2H2,1H3. The molecule has 0 bridgehead atoms. The molecule has 0 unspecified atom stereocenters. The van der Waals surface area contributed by atoms with E-state index in [2.05, 4.69) is 0 Å². The highest BCUT2D eigenvalue weighted by atomic mass is 19.4. The highest BCUT2D eigenvalue weighted by molar-refractivity contribution is 5.03. The van der Waals surface area contributed by atoms with Crippen molar-refractivity contribution in [3.8, 4) is 0 Å². The second-order valence-corrected chi connectivity index (χ2v) is 2.25. The third-order valence-electron chi connectivity index (χ3n) is 1.41. The van der Waals surface area contributed by atoms with Crippen LogP contribution in [0.4, 0.5) is 13.2 Å². The topological polar surface area (TPSA) is 37.8 Å². The molecule has 1 rings (SSSR count). The van der Waals surface area contributed by atoms with E-state index in [1.807, 2.05) is 5.10 Å². The van der Waals surface area contributed by atoms with Crippen molar-refractivity contribution in [2.75, 3.05) is 0 Å². The molecule has 1 aromatic heterocycles. The lowest BCUT2D eigenvalue weighted by molar-refractivity contribution is -0.141. The molecule has 0 amide bonds. The highest BCUT2D eigenvalue weighted by Crippen LogP contribution is 2.26. The van der Waals surface area contributed by atoms with E-state index in [1.165, 1.54) is 0 Å². The second kappa shape index (κ2) is 2.69. The first kappa shape index (κ1) is 8.89. The largest absolute Gasteiger partial charge is 0.432 e. The van der Waals surface area contributed by atoms with E-state index in [4.69, 9.17) is 0 Å². The van der Waals surface area contributed by atoms with Gasteiger partial charge in [0, 0.05) is 12.6 Å². The van der Waals surface area contributed by atoms with Gasteiger partial charge < -0.3 is 0 Å². The van der Waals surface area contributed by atoms with E-state index in [0.717, 1.165) is 4.68 Å². The van der Waals surface area contributed by atoms with Gasteiger partial charge >= 0.3 is 6.18 Å². The number of hydrogen-bond acceptors (Lipinski definition) is 1. The zero-order valence-electron chi connectivity index (χ0n) is 6.27. The quantitative estimate of drug-likeness (QED) is 0.693. The Morgan fingerprint density at radius 2 is 2.17 bits per heavy atom. The third-order valence-corrected chi connectivity index (χ3v) is 1.41. The lowest BCUT2D eigenvalue weighted by Crippen LogP contribution is -2.14. The highest BCUT2D eigenvalue weighted by Gasteiger charge is 2.33. The molecule has 0 spiro atoms. The Bertz CT molecular complexity index is 322. The van der Waals surface area contributed by atoms with E-state index >= 15 is 0 Å². The summed E-state index contributed by atoms with van der Waals surface area (Å²) in [4.78, 5) is 10.7. The molecule has 0 aliphatic rings. The normalized spacial score (nSPS) is 12.0. The Labute approximate surface area is 65.8 Å². The summed E-state index contributed by atoms with van der Waals surface area (Å²) in [5.74, 6) is 0. The first-order chi connectivity index (χ1) is 5.45. The predicted octanol–water partition coefficient (Wildman–Crippen LogP) is 1.22. The Morgan fingerprint density at radius 1 is 1.58 bits per heavy atom. The van der Waals surface area contributed by atoms with Crippen molar-refractivity contribution >= 4 is 0 Å². The number of alkyl halides is 3. The minimum Gasteiger partial charge on any atom is -0.291 e. The maximum Gasteiger partial charge on any atom is 0.432 e. The Morgan fingerprint density at radius 3 is 2.42 bits per heavy atom. The molecule has 6 heteroatoms. The van der Waals surface area contributed by atoms with Gasteiger partial charge in [-0.2, -0.15) is 13.2 Å². The van der Waals surface area contributed by atoms with Crippen molar-refractivity contribution in [2.24, 2.45) is 0 Å². The van der Waals surface area contributed by atoms with Crippen LogP contribution in [-0.2, 0) is 12.7 Å². The van der Waals surface area contributed by atoms with Crippen LogP contribution in [-0.4, -0.2) is 9.78 Å². The lowest BCUT2D eigenvalue weighted by Gasteiger charge is -2.01. The van der Waals surface area contributed by atoms with E-state index in [9.17, 15) is 18.0 Å². The Hall–Kier alpha value is -1.20. The molecule has 0 aliphatic carbocycles. The minimum absolute atomic E-state index is 0.203. The van der Waals surface area contributed by atoms with Gasteiger partial charge in [0.25, 0.3) is 5.56 Å². The van der Waals surface area contributed by atoms with Gasteiger partial charge in [-0.05, 0) is 6.92 Å². The summed E-state index contributed by atoms with van der Waals surface area (Å²) >= 11 is 0. The number of halogens is 3. The van der Waals surface area contributed by atoms with Crippen LogP contribution in [0.2, 0.25) is 0 Å². The fourth-order valence-corrected chi connectivity index (χ4v) is 0.814. The van der Waals surface area contributed by atoms with Crippen LogP contribution in [0.5, 0.6) is 0 Å². The van der Waals surface area contributed by atoms with E-state index in [1.54, 1.807) is 6.92 Å². The molecule has 1 N–H and O–H groups in total. The second-order valence-electron chi connectivity index (χ2n) is 2.25. The van der Waals surface area contributed by atoms with Crippen molar-refractivity contribution in [1.29, 1.82) is 0 Å². The molecule has 0 saturated carbocycles. The summed E-state index contributed by atoms with van der Waals surface area (Å²) in [6.07, 6.45) is -4.47. The number of nitrogens with one attached hydrogen (secondary N) is 1. The summed E-state index contributed by atoms with van der Waals surface area (Å²) in [5, 5.41) is 1.95. The van der Waals surface area contributed by atoms with Crippen LogP contribution in [0, 0.1) is 0 Å². The van der Waals surface area contributed by atoms with Gasteiger partial charge in [0.05, 0.1) is 0 Å². The van der Waals surface area contributed by atoms with E-state index in [-0.39, 0.29) is 6.54 Å². The number of hydrogen-bond donors (Lipinski definition) is 1. The van der Waals surface area contributed by atoms with Crippen LogP contribution in [0.25, 0.3) is 0 Å². The number of aromatic nitrogens is 2. The lowest BCUT2D eigenvalue weighted by atomic mass is 10.4. The molecule has 0 saturated heterocycles. The van der Waals surface area contributed by atoms with Gasteiger partial charge in [0.2, 0.25) is 0 Å². The van der Waals surface area contributed by atoms with Gasteiger partial charge in [-0.3, -0.25) is 14.6 Å². The van der Waals surface area contributed by atoms with E-state index < -0.39 is 17.4 Å². The monoisotopic (exact) mass is 180 g/mol. The van der Waals surface area contributed by atoms with Crippen molar-refractivity contribution in [3.05, 3.63) is 22.1 Å². The molecule has 0 atom stereocenters. The van der Waals surface area contributed by atoms with Crippen LogP contribution >= 0.6 is 0 Å². The molecule has 0 aromatic carbocycles. The van der Waals surface area contributed by atoms with Gasteiger partial charge in [-0.1, -0.05) is 0 Å². The van der Waals surface area contributed by atoms with E-state index in [0.29, 0.717) is 6.07 Å². The molecular weight excluding hydrogens is 173 g/mol. The first-order valence-electron chi connectivity index (χ1n) is 3.32. The van der Waals surface area contributed by atoms with Crippen molar-refractivity contribution in [2.45, 2.75) is 19.6 Å². The molecule has 12 heavy (non-hydrogen) atoms. The third kappa shape index (κ3) is 1.51. The van der Waals surface area contributed by atoms with Crippen LogP contribution in [0.3, 0.4) is 0 Å². The van der Waals surface area contributed by atoms with Crippen LogP contribution in [0.1, 0.15) is 12.6 Å². The minimum atomic E-state index is -4.47.